The lowest BCUT2D eigenvalue weighted by Gasteiger charge is -2.14. The Kier molecular flexibility index (Phi) is 4.00. The minimum Gasteiger partial charge on any atom is -0.461 e. The molecule has 1 N–H and O–H groups in total. The monoisotopic (exact) mass is 299 g/mol. The summed E-state index contributed by atoms with van der Waals surface area (Å²) in [6, 6.07) is 16.4. The molecule has 0 fully saturated rings. The number of hydrogen-bond donors (Lipinski definition) is 1. The highest BCUT2D eigenvalue weighted by Crippen LogP contribution is 2.26. The SMILES string of the molecule is Cc1oc2ccccc2c1CNC(C)c1ccc(Cl)cc1. The maximum absolute atomic E-state index is 5.93. The van der Waals surface area contributed by atoms with Crippen molar-refractivity contribution in [2.75, 3.05) is 0 Å². The molecule has 3 heteroatoms. The van der Waals surface area contributed by atoms with Gasteiger partial charge in [-0.1, -0.05) is 41.9 Å². The molecule has 0 radical (unpaired) electrons. The van der Waals surface area contributed by atoms with E-state index in [-0.39, 0.29) is 6.04 Å². The van der Waals surface area contributed by atoms with Crippen molar-refractivity contribution >= 4 is 22.6 Å². The Bertz CT molecular complexity index is 746. The maximum atomic E-state index is 5.93. The van der Waals surface area contributed by atoms with Gasteiger partial charge in [-0.2, -0.15) is 0 Å². The quantitative estimate of drug-likeness (QED) is 0.712. The average molecular weight is 300 g/mol. The van der Waals surface area contributed by atoms with E-state index in [2.05, 4.69) is 30.4 Å². The third kappa shape index (κ3) is 2.97. The van der Waals surface area contributed by atoms with Gasteiger partial charge in [0.25, 0.3) is 0 Å². The highest BCUT2D eigenvalue weighted by Gasteiger charge is 2.12. The molecule has 0 aliphatic carbocycles. The topological polar surface area (TPSA) is 25.2 Å². The van der Waals surface area contributed by atoms with Gasteiger partial charge in [0, 0.05) is 28.6 Å². The number of nitrogens with one attached hydrogen (secondary N) is 1. The highest BCUT2D eigenvalue weighted by atomic mass is 35.5. The van der Waals surface area contributed by atoms with Crippen molar-refractivity contribution in [1.82, 2.24) is 5.32 Å². The van der Waals surface area contributed by atoms with Crippen LogP contribution in [0.25, 0.3) is 11.0 Å². The summed E-state index contributed by atoms with van der Waals surface area (Å²) in [4.78, 5) is 0. The van der Waals surface area contributed by atoms with E-state index in [1.807, 2.05) is 37.3 Å². The zero-order valence-electron chi connectivity index (χ0n) is 12.2. The van der Waals surface area contributed by atoms with Crippen molar-refractivity contribution < 1.29 is 4.42 Å². The Morgan fingerprint density at radius 3 is 2.57 bits per heavy atom. The van der Waals surface area contributed by atoms with E-state index in [4.69, 9.17) is 16.0 Å². The largest absolute Gasteiger partial charge is 0.461 e. The van der Waals surface area contributed by atoms with E-state index in [1.165, 1.54) is 16.5 Å². The molecular formula is C18H18ClNO. The molecule has 0 spiro atoms. The maximum Gasteiger partial charge on any atom is 0.134 e. The van der Waals surface area contributed by atoms with Crippen LogP contribution >= 0.6 is 11.6 Å². The molecule has 1 atom stereocenters. The van der Waals surface area contributed by atoms with E-state index < -0.39 is 0 Å². The van der Waals surface area contributed by atoms with Crippen LogP contribution in [0.4, 0.5) is 0 Å². The smallest absolute Gasteiger partial charge is 0.134 e. The number of fused-ring (bicyclic) bond motifs is 1. The van der Waals surface area contributed by atoms with E-state index in [0.717, 1.165) is 22.9 Å². The van der Waals surface area contributed by atoms with Crippen LogP contribution in [0.2, 0.25) is 5.02 Å². The van der Waals surface area contributed by atoms with Crippen LogP contribution in [0.5, 0.6) is 0 Å². The summed E-state index contributed by atoms with van der Waals surface area (Å²) in [5.74, 6) is 0.979. The Labute approximate surface area is 129 Å². The number of aryl methyl sites for hydroxylation is 1. The fourth-order valence-corrected chi connectivity index (χ4v) is 2.69. The molecule has 2 nitrogen and oxygen atoms in total. The predicted octanol–water partition coefficient (Wildman–Crippen LogP) is 5.25. The standard InChI is InChI=1S/C18H18ClNO/c1-12(14-7-9-15(19)10-8-14)20-11-17-13(2)21-18-6-4-3-5-16(17)18/h3-10,12,20H,11H2,1-2H3. The normalized spacial score (nSPS) is 12.7. The molecule has 3 rings (SSSR count). The predicted molar refractivity (Wildman–Crippen MR) is 87.7 cm³/mol. The molecule has 1 heterocycles. The molecule has 0 aliphatic rings. The summed E-state index contributed by atoms with van der Waals surface area (Å²) in [5, 5.41) is 5.50. The van der Waals surface area contributed by atoms with Crippen LogP contribution in [0.1, 0.15) is 29.9 Å². The second kappa shape index (κ2) is 5.92. The van der Waals surface area contributed by atoms with Gasteiger partial charge in [0.05, 0.1) is 0 Å². The van der Waals surface area contributed by atoms with Gasteiger partial charge in [0.2, 0.25) is 0 Å². The summed E-state index contributed by atoms with van der Waals surface area (Å²) in [7, 11) is 0. The van der Waals surface area contributed by atoms with Crippen molar-refractivity contribution in [1.29, 1.82) is 0 Å². The lowest BCUT2D eigenvalue weighted by Crippen LogP contribution is -2.18. The Hall–Kier alpha value is -1.77. The lowest BCUT2D eigenvalue weighted by atomic mass is 10.1. The summed E-state index contributed by atoms with van der Waals surface area (Å²) in [5.41, 5.74) is 3.40. The molecule has 0 saturated carbocycles. The first kappa shape index (κ1) is 14.2. The Morgan fingerprint density at radius 2 is 1.81 bits per heavy atom. The fourth-order valence-electron chi connectivity index (χ4n) is 2.57. The molecule has 21 heavy (non-hydrogen) atoms. The summed E-state index contributed by atoms with van der Waals surface area (Å²) < 4.78 is 5.80. The van der Waals surface area contributed by atoms with Crippen molar-refractivity contribution in [2.24, 2.45) is 0 Å². The van der Waals surface area contributed by atoms with Crippen LogP contribution in [0, 0.1) is 6.92 Å². The van der Waals surface area contributed by atoms with Crippen molar-refractivity contribution in [3.05, 3.63) is 70.4 Å². The minimum atomic E-state index is 0.260. The second-order valence-corrected chi connectivity index (χ2v) is 5.72. The lowest BCUT2D eigenvalue weighted by molar-refractivity contribution is 0.544. The van der Waals surface area contributed by atoms with Crippen LogP contribution in [0.15, 0.2) is 52.9 Å². The van der Waals surface area contributed by atoms with Gasteiger partial charge in [-0.3, -0.25) is 0 Å². The average Bonchev–Trinajstić information content (AvgIpc) is 2.81. The Morgan fingerprint density at radius 1 is 1.10 bits per heavy atom. The van der Waals surface area contributed by atoms with Crippen LogP contribution in [-0.4, -0.2) is 0 Å². The summed E-state index contributed by atoms with van der Waals surface area (Å²) in [6.07, 6.45) is 0. The number of hydrogen-bond acceptors (Lipinski definition) is 2. The molecule has 0 bridgehead atoms. The molecule has 108 valence electrons. The van der Waals surface area contributed by atoms with Gasteiger partial charge < -0.3 is 9.73 Å². The van der Waals surface area contributed by atoms with E-state index in [9.17, 15) is 0 Å². The van der Waals surface area contributed by atoms with E-state index in [0.29, 0.717) is 0 Å². The van der Waals surface area contributed by atoms with Gasteiger partial charge >= 0.3 is 0 Å². The van der Waals surface area contributed by atoms with Crippen molar-refractivity contribution in [2.45, 2.75) is 26.4 Å². The van der Waals surface area contributed by atoms with Gasteiger partial charge in [0.15, 0.2) is 0 Å². The third-order valence-electron chi connectivity index (χ3n) is 3.86. The molecule has 1 unspecified atom stereocenters. The first-order valence-electron chi connectivity index (χ1n) is 7.11. The van der Waals surface area contributed by atoms with Gasteiger partial charge in [-0.05, 0) is 37.6 Å². The molecule has 2 aromatic carbocycles. The van der Waals surface area contributed by atoms with Crippen LogP contribution in [0.3, 0.4) is 0 Å². The number of rotatable bonds is 4. The molecular weight excluding hydrogens is 282 g/mol. The first-order valence-corrected chi connectivity index (χ1v) is 7.49. The van der Waals surface area contributed by atoms with Gasteiger partial charge in [0.1, 0.15) is 11.3 Å². The molecule has 1 aromatic heterocycles. The van der Waals surface area contributed by atoms with Gasteiger partial charge in [-0.25, -0.2) is 0 Å². The zero-order valence-corrected chi connectivity index (χ0v) is 12.9. The summed E-state index contributed by atoms with van der Waals surface area (Å²) in [6.45, 7) is 4.96. The second-order valence-electron chi connectivity index (χ2n) is 5.29. The van der Waals surface area contributed by atoms with E-state index >= 15 is 0 Å². The van der Waals surface area contributed by atoms with Crippen molar-refractivity contribution in [3.63, 3.8) is 0 Å². The van der Waals surface area contributed by atoms with Gasteiger partial charge in [-0.15, -0.1) is 0 Å². The Balaban J connectivity index is 1.77. The van der Waals surface area contributed by atoms with Crippen molar-refractivity contribution in [3.8, 4) is 0 Å². The zero-order chi connectivity index (χ0) is 14.8. The van der Waals surface area contributed by atoms with E-state index in [1.54, 1.807) is 0 Å². The summed E-state index contributed by atoms with van der Waals surface area (Å²) >= 11 is 5.93. The fraction of sp³-hybridized carbons (Fsp3) is 0.222. The van der Waals surface area contributed by atoms with Crippen LogP contribution < -0.4 is 5.32 Å². The number of para-hydroxylation sites is 1. The molecule has 0 saturated heterocycles. The minimum absolute atomic E-state index is 0.260. The highest BCUT2D eigenvalue weighted by molar-refractivity contribution is 6.30. The molecule has 0 amide bonds. The van der Waals surface area contributed by atoms with Crippen LogP contribution in [-0.2, 0) is 6.54 Å². The number of benzene rings is 2. The molecule has 3 aromatic rings. The number of furan rings is 1. The third-order valence-corrected chi connectivity index (χ3v) is 4.11. The number of halogens is 1. The molecule has 0 aliphatic heterocycles. The first-order chi connectivity index (χ1) is 10.1.